The number of aliphatic hydroxyl groups excluding tert-OH is 1. The van der Waals surface area contributed by atoms with Crippen molar-refractivity contribution in [2.24, 2.45) is 0 Å². The highest BCUT2D eigenvalue weighted by Crippen LogP contribution is 2.30. The largest absolute Gasteiger partial charge is 0.444 e. The van der Waals surface area contributed by atoms with Gasteiger partial charge in [-0.3, -0.25) is 4.90 Å². The highest BCUT2D eigenvalue weighted by Gasteiger charge is 2.47. The van der Waals surface area contributed by atoms with E-state index in [0.717, 1.165) is 0 Å². The van der Waals surface area contributed by atoms with Crippen molar-refractivity contribution in [3.63, 3.8) is 0 Å². The van der Waals surface area contributed by atoms with E-state index in [1.807, 2.05) is 20.8 Å². The van der Waals surface area contributed by atoms with Crippen molar-refractivity contribution >= 4 is 6.09 Å². The predicted molar refractivity (Wildman–Crippen MR) is 63.6 cm³/mol. The van der Waals surface area contributed by atoms with E-state index in [4.69, 9.17) is 9.47 Å². The van der Waals surface area contributed by atoms with E-state index >= 15 is 0 Å². The van der Waals surface area contributed by atoms with Gasteiger partial charge in [0.1, 0.15) is 11.3 Å². The highest BCUT2D eigenvalue weighted by molar-refractivity contribution is 5.69. The molecule has 0 spiro atoms. The van der Waals surface area contributed by atoms with Crippen LogP contribution in [0.25, 0.3) is 0 Å². The summed E-state index contributed by atoms with van der Waals surface area (Å²) in [6.07, 6.45) is -1.10. The Hall–Kier alpha value is -0.810. The van der Waals surface area contributed by atoms with Gasteiger partial charge in [0.15, 0.2) is 0 Å². The zero-order valence-corrected chi connectivity index (χ0v) is 11.5. The van der Waals surface area contributed by atoms with E-state index in [1.165, 1.54) is 4.90 Å². The molecule has 5 heteroatoms. The first kappa shape index (κ1) is 14.3. The second-order valence-corrected chi connectivity index (χ2v) is 5.92. The summed E-state index contributed by atoms with van der Waals surface area (Å²) in [5.74, 6) is 0. The van der Waals surface area contributed by atoms with Crippen LogP contribution in [0.3, 0.4) is 0 Å². The average molecular weight is 245 g/mol. The number of nitrogens with zero attached hydrogens (tertiary/aromatic N) is 1. The van der Waals surface area contributed by atoms with Crippen LogP contribution in [0.4, 0.5) is 4.79 Å². The van der Waals surface area contributed by atoms with Crippen LogP contribution in [-0.4, -0.2) is 46.2 Å². The second-order valence-electron chi connectivity index (χ2n) is 5.92. The number of rotatable bonds is 1. The van der Waals surface area contributed by atoms with Crippen LogP contribution in [0.5, 0.6) is 0 Å². The number of aliphatic hydroxyl groups is 1. The molecule has 1 amide bonds. The van der Waals surface area contributed by atoms with Gasteiger partial charge in [-0.25, -0.2) is 4.79 Å². The van der Waals surface area contributed by atoms with Crippen molar-refractivity contribution in [2.75, 3.05) is 6.61 Å². The molecule has 0 aromatic carbocycles. The molecule has 0 radical (unpaired) electrons. The zero-order chi connectivity index (χ0) is 13.4. The van der Waals surface area contributed by atoms with E-state index < -0.39 is 23.5 Å². The van der Waals surface area contributed by atoms with Gasteiger partial charge in [0.05, 0.1) is 18.8 Å². The van der Waals surface area contributed by atoms with E-state index in [2.05, 4.69) is 0 Å². The summed E-state index contributed by atoms with van der Waals surface area (Å²) in [5, 5.41) is 9.67. The number of amides is 1. The first-order chi connectivity index (χ1) is 7.54. The Morgan fingerprint density at radius 3 is 2.47 bits per heavy atom. The van der Waals surface area contributed by atoms with Crippen LogP contribution >= 0.6 is 0 Å². The molecule has 1 saturated heterocycles. The molecule has 1 N–H and O–H groups in total. The molecule has 1 fully saturated rings. The summed E-state index contributed by atoms with van der Waals surface area (Å²) in [7, 11) is 0. The third kappa shape index (κ3) is 3.33. The molecule has 1 aliphatic heterocycles. The third-order valence-corrected chi connectivity index (χ3v) is 2.67. The normalized spacial score (nSPS) is 25.8. The number of hydrogen-bond donors (Lipinski definition) is 1. The summed E-state index contributed by atoms with van der Waals surface area (Å²) < 4.78 is 10.9. The van der Waals surface area contributed by atoms with Crippen LogP contribution in [-0.2, 0) is 9.47 Å². The minimum Gasteiger partial charge on any atom is -0.444 e. The second kappa shape index (κ2) is 4.46. The number of hydrogen-bond acceptors (Lipinski definition) is 4. The monoisotopic (exact) mass is 245 g/mol. The van der Waals surface area contributed by atoms with Crippen LogP contribution in [0.1, 0.15) is 41.5 Å². The Labute approximate surface area is 103 Å². The summed E-state index contributed by atoms with van der Waals surface area (Å²) in [5.41, 5.74) is -1.30. The molecule has 100 valence electrons. The molecule has 0 unspecified atom stereocenters. The Morgan fingerprint density at radius 2 is 2.06 bits per heavy atom. The summed E-state index contributed by atoms with van der Waals surface area (Å²) in [4.78, 5) is 13.6. The first-order valence-corrected chi connectivity index (χ1v) is 5.89. The number of carbonyl (C=O) groups is 1. The van der Waals surface area contributed by atoms with Crippen molar-refractivity contribution in [3.8, 4) is 0 Å². The van der Waals surface area contributed by atoms with Gasteiger partial charge >= 0.3 is 6.09 Å². The van der Waals surface area contributed by atoms with Crippen molar-refractivity contribution in [1.82, 2.24) is 4.90 Å². The molecule has 0 saturated carbocycles. The van der Waals surface area contributed by atoms with Gasteiger partial charge in [0.2, 0.25) is 0 Å². The smallest absolute Gasteiger partial charge is 0.412 e. The number of ether oxygens (including phenoxy) is 2. The topological polar surface area (TPSA) is 59.0 Å². The predicted octanol–water partition coefficient (Wildman–Crippen LogP) is 1.74. The van der Waals surface area contributed by atoms with Gasteiger partial charge < -0.3 is 14.6 Å². The first-order valence-electron chi connectivity index (χ1n) is 5.89. The van der Waals surface area contributed by atoms with Crippen molar-refractivity contribution in [1.29, 1.82) is 0 Å². The summed E-state index contributed by atoms with van der Waals surface area (Å²) >= 11 is 0. The quantitative estimate of drug-likeness (QED) is 0.764. The SMILES string of the molecule is C[C@@H](O)[C@@H]1COC(C)(C)N1C(=O)OC(C)(C)C. The lowest BCUT2D eigenvalue weighted by Crippen LogP contribution is -2.52. The van der Waals surface area contributed by atoms with E-state index in [-0.39, 0.29) is 6.04 Å². The van der Waals surface area contributed by atoms with Crippen LogP contribution < -0.4 is 0 Å². The van der Waals surface area contributed by atoms with Crippen LogP contribution in [0, 0.1) is 0 Å². The van der Waals surface area contributed by atoms with Gasteiger partial charge in [-0.05, 0) is 41.5 Å². The average Bonchev–Trinajstić information content (AvgIpc) is 2.37. The minimum atomic E-state index is -0.746. The lowest BCUT2D eigenvalue weighted by Gasteiger charge is -2.35. The molecule has 0 aliphatic carbocycles. The van der Waals surface area contributed by atoms with E-state index in [0.29, 0.717) is 6.61 Å². The molecule has 2 atom stereocenters. The molecular formula is C12H23NO4. The van der Waals surface area contributed by atoms with Crippen molar-refractivity contribution in [2.45, 2.75) is 65.0 Å². The molecule has 1 heterocycles. The maximum atomic E-state index is 12.1. The van der Waals surface area contributed by atoms with Gasteiger partial charge in [-0.15, -0.1) is 0 Å². The van der Waals surface area contributed by atoms with Crippen molar-refractivity contribution in [3.05, 3.63) is 0 Å². The molecule has 17 heavy (non-hydrogen) atoms. The highest BCUT2D eigenvalue weighted by atomic mass is 16.6. The molecule has 0 aromatic rings. The zero-order valence-electron chi connectivity index (χ0n) is 11.5. The molecule has 5 nitrogen and oxygen atoms in total. The maximum absolute atomic E-state index is 12.1. The molecule has 0 aromatic heterocycles. The standard InChI is InChI=1S/C12H23NO4/c1-8(14)9-7-16-12(5,6)13(9)10(15)17-11(2,3)4/h8-9,14H,7H2,1-6H3/t8-,9+/m1/s1. The van der Waals surface area contributed by atoms with Crippen LogP contribution in [0.15, 0.2) is 0 Å². The minimum absolute atomic E-state index is 0.323. The van der Waals surface area contributed by atoms with E-state index in [1.54, 1.807) is 20.8 Å². The molecule has 1 aliphatic rings. The summed E-state index contributed by atoms with van der Waals surface area (Å²) in [6, 6.07) is -0.361. The summed E-state index contributed by atoms with van der Waals surface area (Å²) in [6.45, 7) is 11.0. The van der Waals surface area contributed by atoms with Gasteiger partial charge in [0, 0.05) is 0 Å². The fourth-order valence-electron chi connectivity index (χ4n) is 1.85. The molecule has 0 bridgehead atoms. The Morgan fingerprint density at radius 1 is 1.53 bits per heavy atom. The number of carbonyl (C=O) groups excluding carboxylic acids is 1. The lowest BCUT2D eigenvalue weighted by molar-refractivity contribution is -0.0670. The Balaban J connectivity index is 2.87. The fourth-order valence-corrected chi connectivity index (χ4v) is 1.85. The van der Waals surface area contributed by atoms with E-state index in [9.17, 15) is 9.90 Å². The Kier molecular flexibility index (Phi) is 3.74. The molecular weight excluding hydrogens is 222 g/mol. The maximum Gasteiger partial charge on any atom is 0.412 e. The Bertz CT molecular complexity index is 293. The van der Waals surface area contributed by atoms with Crippen molar-refractivity contribution < 1.29 is 19.4 Å². The van der Waals surface area contributed by atoms with Gasteiger partial charge in [-0.2, -0.15) is 0 Å². The fraction of sp³-hybridized carbons (Fsp3) is 0.917. The van der Waals surface area contributed by atoms with Gasteiger partial charge in [0.25, 0.3) is 0 Å². The van der Waals surface area contributed by atoms with Gasteiger partial charge in [-0.1, -0.05) is 0 Å². The molecule has 1 rings (SSSR count). The lowest BCUT2D eigenvalue weighted by atomic mass is 10.1. The third-order valence-electron chi connectivity index (χ3n) is 2.67. The van der Waals surface area contributed by atoms with Crippen LogP contribution in [0.2, 0.25) is 0 Å².